The van der Waals surface area contributed by atoms with Crippen LogP contribution in [0.4, 0.5) is 4.39 Å². The smallest absolute Gasteiger partial charge is 0.222 e. The van der Waals surface area contributed by atoms with Crippen molar-refractivity contribution in [3.8, 4) is 11.3 Å². The van der Waals surface area contributed by atoms with Gasteiger partial charge in [-0.3, -0.25) is 0 Å². The zero-order valence-electron chi connectivity index (χ0n) is 6.98. The van der Waals surface area contributed by atoms with E-state index in [9.17, 15) is 4.39 Å². The van der Waals surface area contributed by atoms with E-state index >= 15 is 0 Å². The van der Waals surface area contributed by atoms with Gasteiger partial charge >= 0.3 is 0 Å². The summed E-state index contributed by atoms with van der Waals surface area (Å²) in [6.07, 6.45) is 2.93. The average molecular weight is 210 g/mol. The number of hydrogen-bond donors (Lipinski definition) is 0. The molecule has 70 valence electrons. The third-order valence-electron chi connectivity index (χ3n) is 1.65. The number of aromatic nitrogens is 3. The van der Waals surface area contributed by atoms with Crippen molar-refractivity contribution in [3.63, 3.8) is 0 Å². The lowest BCUT2D eigenvalue weighted by Gasteiger charge is -1.98. The predicted octanol–water partition coefficient (Wildman–Crippen LogP) is 2.33. The Hall–Kier alpha value is -1.55. The molecular formula is C9H5ClFN3. The summed E-state index contributed by atoms with van der Waals surface area (Å²) in [5.74, 6) is -0.520. The van der Waals surface area contributed by atoms with Gasteiger partial charge in [0.2, 0.25) is 11.2 Å². The van der Waals surface area contributed by atoms with E-state index < -0.39 is 5.95 Å². The third kappa shape index (κ3) is 1.85. The van der Waals surface area contributed by atoms with Crippen molar-refractivity contribution in [2.75, 3.05) is 0 Å². The molecule has 3 nitrogen and oxygen atoms in total. The number of pyridine rings is 1. The molecule has 0 radical (unpaired) electrons. The van der Waals surface area contributed by atoms with E-state index in [1.165, 1.54) is 18.5 Å². The van der Waals surface area contributed by atoms with Gasteiger partial charge in [0.25, 0.3) is 0 Å². The van der Waals surface area contributed by atoms with Crippen LogP contribution in [0.2, 0.25) is 5.28 Å². The highest BCUT2D eigenvalue weighted by molar-refractivity contribution is 6.28. The van der Waals surface area contributed by atoms with Crippen LogP contribution in [-0.4, -0.2) is 15.0 Å². The Balaban J connectivity index is 2.44. The van der Waals surface area contributed by atoms with Gasteiger partial charge in [-0.25, -0.2) is 15.0 Å². The van der Waals surface area contributed by atoms with Crippen molar-refractivity contribution in [1.29, 1.82) is 0 Å². The standard InChI is InChI=1S/C9H5ClFN3/c10-9-12-4-3-7(14-9)6-1-2-8(11)13-5-6/h1-5H. The van der Waals surface area contributed by atoms with Crippen LogP contribution in [0, 0.1) is 5.95 Å². The Morgan fingerprint density at radius 1 is 1.14 bits per heavy atom. The zero-order chi connectivity index (χ0) is 9.97. The minimum absolute atomic E-state index is 0.159. The molecule has 0 N–H and O–H groups in total. The van der Waals surface area contributed by atoms with Crippen molar-refractivity contribution in [2.24, 2.45) is 0 Å². The molecule has 2 heterocycles. The minimum Gasteiger partial charge on any atom is -0.228 e. The third-order valence-corrected chi connectivity index (χ3v) is 1.83. The highest BCUT2D eigenvalue weighted by Crippen LogP contribution is 2.16. The molecule has 0 amide bonds. The molecule has 0 atom stereocenters. The Kier molecular flexibility index (Phi) is 2.37. The summed E-state index contributed by atoms with van der Waals surface area (Å²) in [4.78, 5) is 11.2. The van der Waals surface area contributed by atoms with Crippen LogP contribution in [0.15, 0.2) is 30.6 Å². The molecule has 0 saturated heterocycles. The quantitative estimate of drug-likeness (QED) is 0.535. The van der Waals surface area contributed by atoms with Gasteiger partial charge in [-0.2, -0.15) is 4.39 Å². The molecule has 2 aromatic rings. The van der Waals surface area contributed by atoms with Gasteiger partial charge < -0.3 is 0 Å². The lowest BCUT2D eigenvalue weighted by molar-refractivity contribution is 0.584. The van der Waals surface area contributed by atoms with Gasteiger partial charge in [0.15, 0.2) is 0 Å². The second-order valence-corrected chi connectivity index (χ2v) is 2.92. The Labute approximate surface area is 84.6 Å². The van der Waals surface area contributed by atoms with Gasteiger partial charge in [-0.05, 0) is 29.8 Å². The van der Waals surface area contributed by atoms with Gasteiger partial charge in [-0.15, -0.1) is 0 Å². The largest absolute Gasteiger partial charge is 0.228 e. The second-order valence-electron chi connectivity index (χ2n) is 2.58. The molecule has 0 fully saturated rings. The maximum Gasteiger partial charge on any atom is 0.222 e. The molecule has 0 saturated carbocycles. The molecule has 0 aliphatic heterocycles. The summed E-state index contributed by atoms with van der Waals surface area (Å²) in [5.41, 5.74) is 1.33. The SMILES string of the molecule is Fc1ccc(-c2ccnc(Cl)n2)cn1. The fourth-order valence-electron chi connectivity index (χ4n) is 1.02. The van der Waals surface area contributed by atoms with Crippen molar-refractivity contribution >= 4 is 11.6 Å². The number of rotatable bonds is 1. The number of hydrogen-bond acceptors (Lipinski definition) is 3. The van der Waals surface area contributed by atoms with E-state index in [1.807, 2.05) is 0 Å². The Morgan fingerprint density at radius 3 is 2.64 bits per heavy atom. The van der Waals surface area contributed by atoms with E-state index in [0.29, 0.717) is 11.3 Å². The lowest BCUT2D eigenvalue weighted by Crippen LogP contribution is -1.88. The highest BCUT2D eigenvalue weighted by atomic mass is 35.5. The van der Waals surface area contributed by atoms with Crippen LogP contribution < -0.4 is 0 Å². The molecule has 0 bridgehead atoms. The van der Waals surface area contributed by atoms with Gasteiger partial charge in [0.05, 0.1) is 5.69 Å². The van der Waals surface area contributed by atoms with E-state index in [1.54, 1.807) is 12.1 Å². The zero-order valence-corrected chi connectivity index (χ0v) is 7.74. The topological polar surface area (TPSA) is 38.7 Å². The Bertz CT molecular complexity index is 444. The molecule has 0 aromatic carbocycles. The summed E-state index contributed by atoms with van der Waals surface area (Å²) in [6, 6.07) is 4.53. The molecule has 2 aromatic heterocycles. The van der Waals surface area contributed by atoms with Crippen LogP contribution in [0.5, 0.6) is 0 Å². The van der Waals surface area contributed by atoms with Crippen molar-refractivity contribution in [3.05, 3.63) is 41.8 Å². The molecule has 2 rings (SSSR count). The normalized spacial score (nSPS) is 10.1. The van der Waals surface area contributed by atoms with E-state index in [4.69, 9.17) is 11.6 Å². The molecular weight excluding hydrogens is 205 g/mol. The van der Waals surface area contributed by atoms with Crippen LogP contribution in [0.1, 0.15) is 0 Å². The van der Waals surface area contributed by atoms with Crippen LogP contribution in [0.25, 0.3) is 11.3 Å². The van der Waals surface area contributed by atoms with Crippen LogP contribution in [-0.2, 0) is 0 Å². The van der Waals surface area contributed by atoms with Crippen LogP contribution >= 0.6 is 11.6 Å². The predicted molar refractivity (Wildman–Crippen MR) is 50.2 cm³/mol. The Morgan fingerprint density at radius 2 is 2.00 bits per heavy atom. The maximum atomic E-state index is 12.5. The molecule has 5 heteroatoms. The molecule has 0 spiro atoms. The molecule has 0 aliphatic carbocycles. The number of halogens is 2. The first-order valence-electron chi connectivity index (χ1n) is 3.86. The average Bonchev–Trinajstić information content (AvgIpc) is 2.19. The van der Waals surface area contributed by atoms with E-state index in [0.717, 1.165) is 0 Å². The molecule has 14 heavy (non-hydrogen) atoms. The minimum atomic E-state index is -0.520. The fraction of sp³-hybridized carbons (Fsp3) is 0. The molecule has 0 aliphatic rings. The molecule has 0 unspecified atom stereocenters. The lowest BCUT2D eigenvalue weighted by atomic mass is 10.2. The van der Waals surface area contributed by atoms with E-state index in [-0.39, 0.29) is 5.28 Å². The summed E-state index contributed by atoms with van der Waals surface area (Å²) in [7, 11) is 0. The highest BCUT2D eigenvalue weighted by Gasteiger charge is 2.01. The van der Waals surface area contributed by atoms with Crippen molar-refractivity contribution < 1.29 is 4.39 Å². The first-order valence-corrected chi connectivity index (χ1v) is 4.24. The number of nitrogens with zero attached hydrogens (tertiary/aromatic N) is 3. The van der Waals surface area contributed by atoms with Gasteiger partial charge in [0, 0.05) is 18.0 Å². The van der Waals surface area contributed by atoms with Crippen molar-refractivity contribution in [1.82, 2.24) is 15.0 Å². The fourth-order valence-corrected chi connectivity index (χ4v) is 1.17. The maximum absolute atomic E-state index is 12.5. The monoisotopic (exact) mass is 209 g/mol. The summed E-state index contributed by atoms with van der Waals surface area (Å²) >= 11 is 5.61. The first-order chi connectivity index (χ1) is 6.75. The van der Waals surface area contributed by atoms with Crippen LogP contribution in [0.3, 0.4) is 0 Å². The first kappa shape index (κ1) is 9.02. The van der Waals surface area contributed by atoms with E-state index in [2.05, 4.69) is 15.0 Å². The van der Waals surface area contributed by atoms with Gasteiger partial charge in [-0.1, -0.05) is 0 Å². The summed E-state index contributed by atoms with van der Waals surface area (Å²) in [6.45, 7) is 0. The van der Waals surface area contributed by atoms with Gasteiger partial charge in [0.1, 0.15) is 0 Å². The summed E-state index contributed by atoms with van der Waals surface area (Å²) < 4.78 is 12.5. The second kappa shape index (κ2) is 3.67. The summed E-state index contributed by atoms with van der Waals surface area (Å²) in [5, 5.41) is 0.159. The van der Waals surface area contributed by atoms with Crippen molar-refractivity contribution in [2.45, 2.75) is 0 Å².